The Morgan fingerprint density at radius 1 is 1.24 bits per heavy atom. The zero-order valence-electron chi connectivity index (χ0n) is 17.3. The summed E-state index contributed by atoms with van der Waals surface area (Å²) in [5.74, 6) is -0.00712. The molecule has 0 bridgehead atoms. The van der Waals surface area contributed by atoms with E-state index >= 15 is 0 Å². The molecule has 1 aromatic heterocycles. The van der Waals surface area contributed by atoms with Crippen molar-refractivity contribution in [3.05, 3.63) is 45.2 Å². The van der Waals surface area contributed by atoms with Crippen molar-refractivity contribution in [1.82, 2.24) is 20.0 Å². The molecule has 2 aromatic rings. The topological polar surface area (TPSA) is 59.4 Å². The normalized spacial score (nSPS) is 20.1. The number of nitrogens with zero attached hydrogens (tertiary/aromatic N) is 3. The highest BCUT2D eigenvalue weighted by molar-refractivity contribution is 6.35. The van der Waals surface area contributed by atoms with Gasteiger partial charge in [0.2, 0.25) is 5.91 Å². The Hall–Kier alpha value is -1.60. The van der Waals surface area contributed by atoms with Crippen molar-refractivity contribution >= 4 is 29.1 Å². The number of amides is 1. The first kappa shape index (κ1) is 22.1. The predicted molar refractivity (Wildman–Crippen MR) is 116 cm³/mol. The van der Waals surface area contributed by atoms with Crippen molar-refractivity contribution in [3.63, 3.8) is 0 Å². The lowest BCUT2D eigenvalue weighted by molar-refractivity contribution is -0.120. The Kier molecular flexibility index (Phi) is 7.22. The summed E-state index contributed by atoms with van der Waals surface area (Å²) < 4.78 is 7.52. The average Bonchev–Trinajstić information content (AvgIpc) is 2.89. The van der Waals surface area contributed by atoms with Crippen molar-refractivity contribution in [3.8, 4) is 5.69 Å². The number of benzene rings is 1. The number of aryl methyl sites for hydroxylation is 1. The summed E-state index contributed by atoms with van der Waals surface area (Å²) in [6.45, 7) is 11.3. The number of aromatic nitrogens is 2. The van der Waals surface area contributed by atoms with Gasteiger partial charge in [-0.2, -0.15) is 5.10 Å². The summed E-state index contributed by atoms with van der Waals surface area (Å²) >= 11 is 12.3. The lowest BCUT2D eigenvalue weighted by atomic mass is 10.1. The van der Waals surface area contributed by atoms with Crippen molar-refractivity contribution in [1.29, 1.82) is 0 Å². The van der Waals surface area contributed by atoms with Crippen LogP contribution in [0.4, 0.5) is 0 Å². The minimum absolute atomic E-state index is 0.00712. The first-order valence-corrected chi connectivity index (χ1v) is 10.6. The molecular weight excluding hydrogens is 411 g/mol. The van der Waals surface area contributed by atoms with E-state index in [9.17, 15) is 4.79 Å². The second-order valence-electron chi connectivity index (χ2n) is 7.70. The summed E-state index contributed by atoms with van der Waals surface area (Å²) in [4.78, 5) is 14.8. The van der Waals surface area contributed by atoms with E-state index in [-0.39, 0.29) is 18.1 Å². The number of hydrogen-bond acceptors (Lipinski definition) is 4. The lowest BCUT2D eigenvalue weighted by Crippen LogP contribution is -2.48. The molecule has 1 aliphatic rings. The molecule has 1 N–H and O–H groups in total. The summed E-state index contributed by atoms with van der Waals surface area (Å²) in [7, 11) is 0. The number of carbonyl (C=O) groups is 1. The highest BCUT2D eigenvalue weighted by Crippen LogP contribution is 2.27. The second kappa shape index (κ2) is 9.47. The fourth-order valence-electron chi connectivity index (χ4n) is 3.86. The lowest BCUT2D eigenvalue weighted by Gasteiger charge is -2.35. The molecule has 2 atom stereocenters. The number of morpholine rings is 1. The largest absolute Gasteiger partial charge is 0.373 e. The molecule has 2 heterocycles. The van der Waals surface area contributed by atoms with E-state index in [2.05, 4.69) is 29.2 Å². The van der Waals surface area contributed by atoms with Crippen LogP contribution in [-0.4, -0.2) is 59.0 Å². The third-order valence-electron chi connectivity index (χ3n) is 5.16. The number of rotatable bonds is 6. The number of ether oxygens (including phenoxy) is 1. The van der Waals surface area contributed by atoms with E-state index in [1.807, 2.05) is 19.9 Å². The summed E-state index contributed by atoms with van der Waals surface area (Å²) in [6.07, 6.45) is 0.745. The molecule has 6 nitrogen and oxygen atoms in total. The fourth-order valence-corrected chi connectivity index (χ4v) is 4.35. The summed E-state index contributed by atoms with van der Waals surface area (Å²) in [5, 5.41) is 8.70. The van der Waals surface area contributed by atoms with Gasteiger partial charge in [-0.15, -0.1) is 0 Å². The van der Waals surface area contributed by atoms with Gasteiger partial charge in [-0.25, -0.2) is 4.68 Å². The average molecular weight is 439 g/mol. The zero-order chi connectivity index (χ0) is 21.1. The van der Waals surface area contributed by atoms with Gasteiger partial charge in [0.25, 0.3) is 0 Å². The Labute approximate surface area is 182 Å². The molecule has 1 aromatic carbocycles. The molecule has 0 unspecified atom stereocenters. The molecule has 29 heavy (non-hydrogen) atoms. The van der Waals surface area contributed by atoms with Crippen LogP contribution in [0.5, 0.6) is 0 Å². The molecule has 0 saturated carbocycles. The van der Waals surface area contributed by atoms with Crippen LogP contribution in [0.3, 0.4) is 0 Å². The molecule has 1 amide bonds. The third-order valence-corrected chi connectivity index (χ3v) is 5.70. The number of carbonyl (C=O) groups excluding carboxylic acids is 1. The van der Waals surface area contributed by atoms with Gasteiger partial charge in [-0.05, 0) is 45.9 Å². The quantitative estimate of drug-likeness (QED) is 0.748. The molecule has 1 aliphatic heterocycles. The molecule has 1 fully saturated rings. The first-order chi connectivity index (χ1) is 13.7. The molecular formula is C21H28Cl2N4O2. The highest BCUT2D eigenvalue weighted by atomic mass is 35.5. The molecule has 3 rings (SSSR count). The van der Waals surface area contributed by atoms with Gasteiger partial charge < -0.3 is 10.1 Å². The van der Waals surface area contributed by atoms with Gasteiger partial charge in [0.1, 0.15) is 0 Å². The maximum Gasteiger partial charge on any atom is 0.224 e. The summed E-state index contributed by atoms with van der Waals surface area (Å²) in [6, 6.07) is 5.30. The second-order valence-corrected chi connectivity index (χ2v) is 8.54. The SMILES string of the molecule is Cc1nn(-c2ccc(Cl)cc2Cl)c(C)c1CC(=O)NCCN1C[C@H](C)O[C@@H](C)C1. The van der Waals surface area contributed by atoms with E-state index in [0.29, 0.717) is 23.0 Å². The zero-order valence-corrected chi connectivity index (χ0v) is 18.8. The highest BCUT2D eigenvalue weighted by Gasteiger charge is 2.22. The van der Waals surface area contributed by atoms with Crippen LogP contribution in [0, 0.1) is 13.8 Å². The Morgan fingerprint density at radius 2 is 1.93 bits per heavy atom. The fraction of sp³-hybridized carbons (Fsp3) is 0.524. The number of halogens is 2. The van der Waals surface area contributed by atoms with E-state index in [0.717, 1.165) is 42.3 Å². The maximum atomic E-state index is 12.5. The van der Waals surface area contributed by atoms with Crippen molar-refractivity contribution in [2.24, 2.45) is 0 Å². The molecule has 158 valence electrons. The smallest absolute Gasteiger partial charge is 0.224 e. The number of nitrogens with one attached hydrogen (secondary N) is 1. The third kappa shape index (κ3) is 5.51. The van der Waals surface area contributed by atoms with E-state index < -0.39 is 0 Å². The van der Waals surface area contributed by atoms with Gasteiger partial charge in [0.05, 0.1) is 35.0 Å². The summed E-state index contributed by atoms with van der Waals surface area (Å²) in [5.41, 5.74) is 3.39. The van der Waals surface area contributed by atoms with Crippen LogP contribution in [0.2, 0.25) is 10.0 Å². The molecule has 0 radical (unpaired) electrons. The first-order valence-electron chi connectivity index (χ1n) is 9.89. The van der Waals surface area contributed by atoms with E-state index in [1.165, 1.54) is 0 Å². The van der Waals surface area contributed by atoms with Crippen molar-refractivity contribution < 1.29 is 9.53 Å². The standard InChI is InChI=1S/C21H28Cl2N4O2/c1-13-11-26(12-14(2)29-13)8-7-24-21(28)10-18-15(3)25-27(16(18)4)20-6-5-17(22)9-19(20)23/h5-6,9,13-14H,7-8,10-12H2,1-4H3,(H,24,28)/t13-,14-/m0/s1. The van der Waals surface area contributed by atoms with E-state index in [4.69, 9.17) is 27.9 Å². The van der Waals surface area contributed by atoms with Gasteiger partial charge in [0.15, 0.2) is 0 Å². The van der Waals surface area contributed by atoms with Crippen LogP contribution < -0.4 is 5.32 Å². The van der Waals surface area contributed by atoms with Gasteiger partial charge in [0, 0.05) is 42.5 Å². The minimum Gasteiger partial charge on any atom is -0.373 e. The van der Waals surface area contributed by atoms with Crippen LogP contribution in [0.15, 0.2) is 18.2 Å². The van der Waals surface area contributed by atoms with Crippen LogP contribution in [0.1, 0.15) is 30.8 Å². The van der Waals surface area contributed by atoms with Gasteiger partial charge >= 0.3 is 0 Å². The van der Waals surface area contributed by atoms with Crippen LogP contribution >= 0.6 is 23.2 Å². The van der Waals surface area contributed by atoms with Gasteiger partial charge in [-0.3, -0.25) is 9.69 Å². The Balaban J connectivity index is 1.60. The monoisotopic (exact) mass is 438 g/mol. The van der Waals surface area contributed by atoms with E-state index in [1.54, 1.807) is 16.8 Å². The van der Waals surface area contributed by atoms with Crippen molar-refractivity contribution in [2.75, 3.05) is 26.2 Å². The van der Waals surface area contributed by atoms with Gasteiger partial charge in [-0.1, -0.05) is 23.2 Å². The van der Waals surface area contributed by atoms with Crippen molar-refractivity contribution in [2.45, 2.75) is 46.3 Å². The Bertz CT molecular complexity index is 874. The maximum absolute atomic E-state index is 12.5. The molecule has 8 heteroatoms. The van der Waals surface area contributed by atoms with Crippen LogP contribution in [0.25, 0.3) is 5.69 Å². The Morgan fingerprint density at radius 3 is 2.59 bits per heavy atom. The minimum atomic E-state index is -0.00712. The molecule has 0 aliphatic carbocycles. The number of hydrogen-bond donors (Lipinski definition) is 1. The van der Waals surface area contributed by atoms with Crippen LogP contribution in [-0.2, 0) is 16.0 Å². The predicted octanol–water partition coefficient (Wildman–Crippen LogP) is 3.56. The molecule has 0 spiro atoms. The molecule has 1 saturated heterocycles.